The summed E-state index contributed by atoms with van der Waals surface area (Å²) in [6, 6.07) is 9.38. The van der Waals surface area contributed by atoms with Crippen molar-refractivity contribution in [1.29, 1.82) is 0 Å². The zero-order valence-corrected chi connectivity index (χ0v) is 13.0. The molecule has 1 fully saturated rings. The molecule has 6 heteroatoms. The van der Waals surface area contributed by atoms with Crippen LogP contribution in [0.4, 0.5) is 5.69 Å². The Morgan fingerprint density at radius 3 is 2.86 bits per heavy atom. The van der Waals surface area contributed by atoms with Crippen LogP contribution in [-0.4, -0.2) is 23.4 Å². The van der Waals surface area contributed by atoms with Crippen LogP contribution in [0.2, 0.25) is 0 Å². The number of anilines is 1. The van der Waals surface area contributed by atoms with Gasteiger partial charge in [0.25, 0.3) is 0 Å². The summed E-state index contributed by atoms with van der Waals surface area (Å²) in [6.07, 6.45) is 0.204. The minimum atomic E-state index is -0.402. The third-order valence-corrected chi connectivity index (χ3v) is 4.63. The molecule has 22 heavy (non-hydrogen) atoms. The summed E-state index contributed by atoms with van der Waals surface area (Å²) < 4.78 is 5.34. The van der Waals surface area contributed by atoms with Gasteiger partial charge in [0, 0.05) is 18.7 Å². The Kier molecular flexibility index (Phi) is 4.20. The van der Waals surface area contributed by atoms with Gasteiger partial charge in [0.1, 0.15) is 6.61 Å². The normalized spacial score (nSPS) is 17.8. The number of benzene rings is 1. The van der Waals surface area contributed by atoms with E-state index in [0.29, 0.717) is 6.54 Å². The van der Waals surface area contributed by atoms with Gasteiger partial charge in [-0.15, -0.1) is 11.3 Å². The van der Waals surface area contributed by atoms with Crippen LogP contribution in [0.15, 0.2) is 35.8 Å². The zero-order valence-electron chi connectivity index (χ0n) is 12.2. The van der Waals surface area contributed by atoms with E-state index >= 15 is 0 Å². The summed E-state index contributed by atoms with van der Waals surface area (Å²) in [5.74, 6) is -0.761. The van der Waals surface area contributed by atoms with Gasteiger partial charge >= 0.3 is 5.97 Å². The van der Waals surface area contributed by atoms with Gasteiger partial charge in [0.05, 0.1) is 22.0 Å². The number of nitrogens with zero attached hydrogens (tertiary/aromatic N) is 2. The summed E-state index contributed by atoms with van der Waals surface area (Å²) >= 11 is 1.47. The molecule has 1 saturated heterocycles. The van der Waals surface area contributed by atoms with Crippen LogP contribution in [0.1, 0.15) is 17.0 Å². The average molecular weight is 316 g/mol. The predicted molar refractivity (Wildman–Crippen MR) is 83.5 cm³/mol. The maximum atomic E-state index is 12.2. The van der Waals surface area contributed by atoms with Gasteiger partial charge in [-0.25, -0.2) is 4.98 Å². The fraction of sp³-hybridized carbons (Fsp3) is 0.312. The number of carbonyl (C=O) groups is 2. The lowest BCUT2D eigenvalue weighted by atomic mass is 10.1. The van der Waals surface area contributed by atoms with E-state index in [1.807, 2.05) is 37.3 Å². The number of esters is 1. The highest BCUT2D eigenvalue weighted by molar-refractivity contribution is 7.09. The van der Waals surface area contributed by atoms with E-state index in [0.717, 1.165) is 16.3 Å². The Morgan fingerprint density at radius 1 is 1.41 bits per heavy atom. The number of rotatable bonds is 4. The summed E-state index contributed by atoms with van der Waals surface area (Å²) in [5, 5.41) is 0. The predicted octanol–water partition coefficient (Wildman–Crippen LogP) is 2.55. The van der Waals surface area contributed by atoms with Gasteiger partial charge in [0.2, 0.25) is 5.91 Å². The van der Waals surface area contributed by atoms with Gasteiger partial charge in [0.15, 0.2) is 0 Å². The average Bonchev–Trinajstić information content (AvgIpc) is 3.12. The lowest BCUT2D eigenvalue weighted by molar-refractivity contribution is -0.149. The quantitative estimate of drug-likeness (QED) is 0.813. The number of amides is 1. The Hall–Kier alpha value is -2.21. The first kappa shape index (κ1) is 14.7. The van der Waals surface area contributed by atoms with Gasteiger partial charge in [-0.05, 0) is 19.1 Å². The molecule has 0 aliphatic carbocycles. The molecule has 2 aromatic rings. The smallest absolute Gasteiger partial charge is 0.311 e. The highest BCUT2D eigenvalue weighted by Crippen LogP contribution is 2.26. The fourth-order valence-electron chi connectivity index (χ4n) is 2.44. The molecule has 3 rings (SSSR count). The second kappa shape index (κ2) is 6.27. The van der Waals surface area contributed by atoms with Gasteiger partial charge in [-0.3, -0.25) is 9.59 Å². The minimum absolute atomic E-state index is 0.0397. The van der Waals surface area contributed by atoms with Crippen molar-refractivity contribution in [3.8, 4) is 0 Å². The molecule has 114 valence electrons. The van der Waals surface area contributed by atoms with Crippen LogP contribution in [0.5, 0.6) is 0 Å². The topological polar surface area (TPSA) is 59.5 Å². The van der Waals surface area contributed by atoms with Gasteiger partial charge in [-0.1, -0.05) is 18.2 Å². The Balaban J connectivity index is 1.61. The van der Waals surface area contributed by atoms with E-state index in [9.17, 15) is 9.59 Å². The van der Waals surface area contributed by atoms with Crippen molar-refractivity contribution in [3.63, 3.8) is 0 Å². The van der Waals surface area contributed by atoms with E-state index in [4.69, 9.17) is 4.74 Å². The molecule has 0 saturated carbocycles. The SMILES string of the molecule is Cc1ncsc1COC(=O)[C@@H]1CC(=O)N(c2ccccc2)C1. The van der Waals surface area contributed by atoms with Gasteiger partial charge < -0.3 is 9.64 Å². The molecular weight excluding hydrogens is 300 g/mol. The number of carbonyl (C=O) groups excluding carboxylic acids is 2. The van der Waals surface area contributed by atoms with Crippen molar-refractivity contribution < 1.29 is 14.3 Å². The van der Waals surface area contributed by atoms with Crippen LogP contribution in [0.3, 0.4) is 0 Å². The molecular formula is C16H16N2O3S. The fourth-order valence-corrected chi connectivity index (χ4v) is 3.13. The summed E-state index contributed by atoms with van der Waals surface area (Å²) in [5.41, 5.74) is 3.43. The highest BCUT2D eigenvalue weighted by Gasteiger charge is 2.36. The van der Waals surface area contributed by atoms with Crippen LogP contribution >= 0.6 is 11.3 Å². The van der Waals surface area contributed by atoms with Crippen molar-refractivity contribution in [2.45, 2.75) is 20.0 Å². The first-order valence-electron chi connectivity index (χ1n) is 7.06. The number of thiazole rings is 1. The minimum Gasteiger partial charge on any atom is -0.460 e. The Bertz CT molecular complexity index is 684. The molecule has 0 bridgehead atoms. The first-order chi connectivity index (χ1) is 10.6. The lowest BCUT2D eigenvalue weighted by Gasteiger charge is -2.16. The Morgan fingerprint density at radius 2 is 2.18 bits per heavy atom. The number of ether oxygens (including phenoxy) is 1. The highest BCUT2D eigenvalue weighted by atomic mass is 32.1. The summed E-state index contributed by atoms with van der Waals surface area (Å²) in [7, 11) is 0. The standard InChI is InChI=1S/C16H16N2O3S/c1-11-14(22-10-17-11)9-21-16(20)12-7-15(19)18(8-12)13-5-3-2-4-6-13/h2-6,10,12H,7-9H2,1H3/t12-/m1/s1. The molecule has 1 amide bonds. The van der Waals surface area contributed by atoms with Crippen molar-refractivity contribution in [2.24, 2.45) is 5.92 Å². The monoisotopic (exact) mass is 316 g/mol. The molecule has 0 unspecified atom stereocenters. The van der Waals surface area contributed by atoms with Crippen LogP contribution in [-0.2, 0) is 20.9 Å². The van der Waals surface area contributed by atoms with Crippen molar-refractivity contribution in [3.05, 3.63) is 46.4 Å². The third kappa shape index (κ3) is 3.01. The molecule has 5 nitrogen and oxygen atoms in total. The molecule has 0 N–H and O–H groups in total. The van der Waals surface area contributed by atoms with Crippen molar-refractivity contribution in [1.82, 2.24) is 4.98 Å². The van der Waals surface area contributed by atoms with Crippen molar-refractivity contribution in [2.75, 3.05) is 11.4 Å². The molecule has 1 aromatic heterocycles. The van der Waals surface area contributed by atoms with E-state index in [2.05, 4.69) is 4.98 Å². The number of hydrogen-bond acceptors (Lipinski definition) is 5. The number of aromatic nitrogens is 1. The molecule has 1 atom stereocenters. The molecule has 1 aliphatic rings. The maximum absolute atomic E-state index is 12.2. The number of aryl methyl sites for hydroxylation is 1. The van der Waals surface area contributed by atoms with Crippen LogP contribution < -0.4 is 4.90 Å². The molecule has 0 radical (unpaired) electrons. The number of para-hydroxylation sites is 1. The summed E-state index contributed by atoms with van der Waals surface area (Å²) in [6.45, 7) is 2.49. The zero-order chi connectivity index (χ0) is 15.5. The Labute approximate surface area is 132 Å². The van der Waals surface area contributed by atoms with E-state index in [1.54, 1.807) is 10.4 Å². The van der Waals surface area contributed by atoms with Crippen molar-refractivity contribution >= 4 is 28.9 Å². The van der Waals surface area contributed by atoms with Crippen LogP contribution in [0.25, 0.3) is 0 Å². The van der Waals surface area contributed by atoms with E-state index in [1.165, 1.54) is 11.3 Å². The maximum Gasteiger partial charge on any atom is 0.311 e. The lowest BCUT2D eigenvalue weighted by Crippen LogP contribution is -2.26. The molecule has 1 aliphatic heterocycles. The second-order valence-electron chi connectivity index (χ2n) is 5.21. The number of hydrogen-bond donors (Lipinski definition) is 0. The first-order valence-corrected chi connectivity index (χ1v) is 7.94. The molecule has 0 spiro atoms. The van der Waals surface area contributed by atoms with Gasteiger partial charge in [-0.2, -0.15) is 0 Å². The van der Waals surface area contributed by atoms with E-state index in [-0.39, 0.29) is 24.9 Å². The second-order valence-corrected chi connectivity index (χ2v) is 6.15. The molecule has 1 aromatic carbocycles. The summed E-state index contributed by atoms with van der Waals surface area (Å²) in [4.78, 5) is 30.9. The van der Waals surface area contributed by atoms with E-state index < -0.39 is 5.92 Å². The third-order valence-electron chi connectivity index (χ3n) is 3.72. The largest absolute Gasteiger partial charge is 0.460 e. The van der Waals surface area contributed by atoms with Crippen LogP contribution in [0, 0.1) is 12.8 Å². The molecule has 2 heterocycles.